The molecule has 0 fully saturated rings. The molecule has 1 aliphatic heterocycles. The number of aromatic carboxylic acids is 1. The third-order valence-electron chi connectivity index (χ3n) is 2.82. The Morgan fingerprint density at radius 1 is 1.62 bits per heavy atom. The second kappa shape index (κ2) is 3.62. The molecule has 0 bridgehead atoms. The van der Waals surface area contributed by atoms with Crippen LogP contribution in [-0.2, 0) is 16.9 Å². The van der Waals surface area contributed by atoms with Crippen LogP contribution in [0, 0.1) is 6.57 Å². The van der Waals surface area contributed by atoms with Gasteiger partial charge in [0, 0.05) is 12.5 Å². The molecule has 1 aliphatic rings. The van der Waals surface area contributed by atoms with Crippen LogP contribution >= 0.6 is 0 Å². The first-order valence-electron chi connectivity index (χ1n) is 4.90. The van der Waals surface area contributed by atoms with Gasteiger partial charge in [0.2, 0.25) is 0 Å². The summed E-state index contributed by atoms with van der Waals surface area (Å²) in [6.07, 6.45) is 0. The minimum Gasteiger partial charge on any atom is -0.478 e. The molecule has 1 aromatic carbocycles. The number of rotatable bonds is 1. The number of fused-ring (bicyclic) bond motifs is 1. The van der Waals surface area contributed by atoms with Crippen LogP contribution in [0.4, 0.5) is 0 Å². The van der Waals surface area contributed by atoms with Crippen molar-refractivity contribution >= 4 is 5.97 Å². The highest BCUT2D eigenvalue weighted by Gasteiger charge is 2.39. The SMILES string of the molecule is [C-]#[N+][C@@]1(C)COCc2ccc(C(=O)O)cc21. The summed E-state index contributed by atoms with van der Waals surface area (Å²) in [4.78, 5) is 14.4. The summed E-state index contributed by atoms with van der Waals surface area (Å²) in [6.45, 7) is 9.72. The molecular weight excluding hydrogens is 206 g/mol. The Balaban J connectivity index is 2.58. The van der Waals surface area contributed by atoms with E-state index < -0.39 is 11.5 Å². The number of hydrogen-bond donors (Lipinski definition) is 1. The van der Waals surface area contributed by atoms with Crippen LogP contribution in [0.5, 0.6) is 0 Å². The highest BCUT2D eigenvalue weighted by atomic mass is 16.5. The van der Waals surface area contributed by atoms with Crippen LogP contribution in [0.15, 0.2) is 18.2 Å². The van der Waals surface area contributed by atoms with Crippen LogP contribution in [-0.4, -0.2) is 17.7 Å². The summed E-state index contributed by atoms with van der Waals surface area (Å²) in [5.41, 5.74) is 1.12. The Hall–Kier alpha value is -1.86. The molecule has 0 saturated carbocycles. The zero-order chi connectivity index (χ0) is 11.8. The van der Waals surface area contributed by atoms with E-state index in [1.807, 2.05) is 0 Å². The minimum absolute atomic E-state index is 0.218. The Bertz CT molecular complexity index is 490. The van der Waals surface area contributed by atoms with Gasteiger partial charge < -0.3 is 14.7 Å². The van der Waals surface area contributed by atoms with Gasteiger partial charge in [0.25, 0.3) is 5.54 Å². The quantitative estimate of drug-likeness (QED) is 0.732. The monoisotopic (exact) mass is 217 g/mol. The Kier molecular flexibility index (Phi) is 2.41. The summed E-state index contributed by atoms with van der Waals surface area (Å²) < 4.78 is 5.34. The third-order valence-corrected chi connectivity index (χ3v) is 2.82. The average Bonchev–Trinajstić information content (AvgIpc) is 2.29. The highest BCUT2D eigenvalue weighted by Crippen LogP contribution is 2.34. The molecule has 0 spiro atoms. The van der Waals surface area contributed by atoms with Gasteiger partial charge in [-0.2, -0.15) is 0 Å². The van der Waals surface area contributed by atoms with Crippen LogP contribution in [0.2, 0.25) is 0 Å². The van der Waals surface area contributed by atoms with Crippen molar-refractivity contribution in [2.75, 3.05) is 6.61 Å². The summed E-state index contributed by atoms with van der Waals surface area (Å²) in [5, 5.41) is 8.92. The topological polar surface area (TPSA) is 50.9 Å². The van der Waals surface area contributed by atoms with Crippen molar-refractivity contribution < 1.29 is 14.6 Å². The maximum atomic E-state index is 10.9. The van der Waals surface area contributed by atoms with Crippen LogP contribution in [0.1, 0.15) is 28.4 Å². The van der Waals surface area contributed by atoms with Crippen molar-refractivity contribution in [3.8, 4) is 0 Å². The number of nitrogens with zero attached hydrogens (tertiary/aromatic N) is 1. The molecule has 4 heteroatoms. The molecule has 82 valence electrons. The number of hydrogen-bond acceptors (Lipinski definition) is 2. The van der Waals surface area contributed by atoms with Gasteiger partial charge in [0.1, 0.15) is 6.61 Å². The summed E-state index contributed by atoms with van der Waals surface area (Å²) in [6, 6.07) is 4.85. The largest absolute Gasteiger partial charge is 0.478 e. The Morgan fingerprint density at radius 2 is 2.38 bits per heavy atom. The lowest BCUT2D eigenvalue weighted by atomic mass is 9.86. The first-order valence-corrected chi connectivity index (χ1v) is 4.90. The number of carboxylic acid groups (broad SMARTS) is 1. The number of carbonyl (C=O) groups is 1. The van der Waals surface area contributed by atoms with E-state index in [0.717, 1.165) is 11.1 Å². The highest BCUT2D eigenvalue weighted by molar-refractivity contribution is 5.88. The Labute approximate surface area is 93.3 Å². The standard InChI is InChI=1S/C12H11NO3/c1-12(13-2)7-16-6-9-4-3-8(11(14)15)5-10(9)12/h3-5H,6-7H2,1H3,(H,14,15)/t12-/m0/s1. The van der Waals surface area contributed by atoms with E-state index in [4.69, 9.17) is 16.4 Å². The maximum Gasteiger partial charge on any atom is 0.335 e. The number of benzene rings is 1. The van der Waals surface area contributed by atoms with E-state index >= 15 is 0 Å². The fraction of sp³-hybridized carbons (Fsp3) is 0.333. The molecule has 1 heterocycles. The molecule has 0 aromatic heterocycles. The van der Waals surface area contributed by atoms with Crippen molar-refractivity contribution in [3.05, 3.63) is 46.3 Å². The molecule has 0 aliphatic carbocycles. The van der Waals surface area contributed by atoms with Gasteiger partial charge in [-0.05, 0) is 17.7 Å². The van der Waals surface area contributed by atoms with Gasteiger partial charge in [-0.15, -0.1) is 0 Å². The molecule has 0 unspecified atom stereocenters. The van der Waals surface area contributed by atoms with Crippen molar-refractivity contribution in [1.29, 1.82) is 0 Å². The van der Waals surface area contributed by atoms with Gasteiger partial charge in [0.15, 0.2) is 0 Å². The van der Waals surface area contributed by atoms with Crippen LogP contribution in [0.3, 0.4) is 0 Å². The fourth-order valence-electron chi connectivity index (χ4n) is 1.87. The predicted octanol–water partition coefficient (Wildman–Crippen LogP) is 2.05. The van der Waals surface area contributed by atoms with Crippen molar-refractivity contribution in [3.63, 3.8) is 0 Å². The maximum absolute atomic E-state index is 10.9. The molecule has 4 nitrogen and oxygen atoms in total. The van der Waals surface area contributed by atoms with Crippen molar-refractivity contribution in [2.24, 2.45) is 0 Å². The lowest BCUT2D eigenvalue weighted by molar-refractivity contribution is 0.0684. The molecule has 0 radical (unpaired) electrons. The van der Waals surface area contributed by atoms with E-state index in [1.54, 1.807) is 25.1 Å². The van der Waals surface area contributed by atoms with E-state index in [1.165, 1.54) is 0 Å². The van der Waals surface area contributed by atoms with Gasteiger partial charge in [-0.1, -0.05) is 6.07 Å². The predicted molar refractivity (Wildman–Crippen MR) is 57.0 cm³/mol. The van der Waals surface area contributed by atoms with E-state index in [9.17, 15) is 4.79 Å². The zero-order valence-electron chi connectivity index (χ0n) is 8.86. The fourth-order valence-corrected chi connectivity index (χ4v) is 1.87. The Morgan fingerprint density at radius 3 is 3.00 bits per heavy atom. The van der Waals surface area contributed by atoms with E-state index in [-0.39, 0.29) is 5.56 Å². The summed E-state index contributed by atoms with van der Waals surface area (Å²) in [5.74, 6) is -0.971. The first kappa shape index (κ1) is 10.7. The lowest BCUT2D eigenvalue weighted by Crippen LogP contribution is -2.30. The van der Waals surface area contributed by atoms with Gasteiger partial charge >= 0.3 is 5.97 Å². The molecule has 1 atom stereocenters. The van der Waals surface area contributed by atoms with Crippen LogP contribution < -0.4 is 0 Å². The molecule has 16 heavy (non-hydrogen) atoms. The molecular formula is C12H11NO3. The van der Waals surface area contributed by atoms with Crippen molar-refractivity contribution in [1.82, 2.24) is 0 Å². The number of carboxylic acids is 1. The summed E-state index contributed by atoms with van der Waals surface area (Å²) in [7, 11) is 0. The minimum atomic E-state index is -0.971. The van der Waals surface area contributed by atoms with E-state index in [2.05, 4.69) is 4.85 Å². The first-order chi connectivity index (χ1) is 7.57. The smallest absolute Gasteiger partial charge is 0.335 e. The molecule has 2 rings (SSSR count). The number of ether oxygens (including phenoxy) is 1. The second-order valence-electron chi connectivity index (χ2n) is 4.06. The zero-order valence-corrected chi connectivity index (χ0v) is 8.86. The molecule has 0 amide bonds. The molecule has 0 saturated heterocycles. The lowest BCUT2D eigenvalue weighted by Gasteiger charge is -2.25. The van der Waals surface area contributed by atoms with Gasteiger partial charge in [-0.3, -0.25) is 0 Å². The van der Waals surface area contributed by atoms with E-state index in [0.29, 0.717) is 13.2 Å². The average molecular weight is 217 g/mol. The van der Waals surface area contributed by atoms with Crippen LogP contribution in [0.25, 0.3) is 4.85 Å². The normalized spacial score (nSPS) is 23.2. The molecule has 1 aromatic rings. The van der Waals surface area contributed by atoms with Gasteiger partial charge in [-0.25, -0.2) is 11.4 Å². The third kappa shape index (κ3) is 1.55. The van der Waals surface area contributed by atoms with Gasteiger partial charge in [0.05, 0.1) is 12.2 Å². The van der Waals surface area contributed by atoms with Crippen molar-refractivity contribution in [2.45, 2.75) is 19.1 Å². The molecule has 1 N–H and O–H groups in total. The second-order valence-corrected chi connectivity index (χ2v) is 4.06. The summed E-state index contributed by atoms with van der Waals surface area (Å²) >= 11 is 0.